The molecule has 5 nitrogen and oxygen atoms in total. The minimum absolute atomic E-state index is 0.0985. The quantitative estimate of drug-likeness (QED) is 0.845. The number of piperazine rings is 1. The Kier molecular flexibility index (Phi) is 4.81. The highest BCUT2D eigenvalue weighted by Crippen LogP contribution is 2.22. The number of rotatable bonds is 3. The number of hydrogen-bond acceptors (Lipinski definition) is 4. The number of hydrogen-bond donors (Lipinski definition) is 0. The summed E-state index contributed by atoms with van der Waals surface area (Å²) in [6.45, 7) is 4.70. The maximum atomic E-state index is 12.8. The minimum Gasteiger partial charge on any atom is -0.368 e. The second kappa shape index (κ2) is 6.88. The molecule has 132 valence electrons. The van der Waals surface area contributed by atoms with Crippen molar-refractivity contribution in [3.63, 3.8) is 0 Å². The van der Waals surface area contributed by atoms with Crippen LogP contribution in [0.25, 0.3) is 0 Å². The summed E-state index contributed by atoms with van der Waals surface area (Å²) in [6, 6.07) is 14.6. The van der Waals surface area contributed by atoms with E-state index >= 15 is 0 Å². The lowest BCUT2D eigenvalue weighted by Crippen LogP contribution is -2.49. The van der Waals surface area contributed by atoms with E-state index in [1.54, 1.807) is 23.1 Å². The van der Waals surface area contributed by atoms with Gasteiger partial charge in [-0.3, -0.25) is 4.79 Å². The first-order valence-corrected chi connectivity index (χ1v) is 10.2. The van der Waals surface area contributed by atoms with Gasteiger partial charge in [0.05, 0.1) is 10.5 Å². The molecule has 2 aromatic carbocycles. The van der Waals surface area contributed by atoms with Gasteiger partial charge >= 0.3 is 0 Å². The van der Waals surface area contributed by atoms with Crippen LogP contribution in [0.5, 0.6) is 0 Å². The fourth-order valence-corrected chi connectivity index (χ4v) is 4.09. The van der Waals surface area contributed by atoms with Gasteiger partial charge in [-0.1, -0.05) is 30.3 Å². The van der Waals surface area contributed by atoms with Gasteiger partial charge in [0.2, 0.25) is 0 Å². The van der Waals surface area contributed by atoms with Gasteiger partial charge in [0.25, 0.3) is 5.91 Å². The van der Waals surface area contributed by atoms with Crippen LogP contribution in [0.3, 0.4) is 0 Å². The number of sulfone groups is 1. The lowest BCUT2D eigenvalue weighted by Gasteiger charge is -2.37. The van der Waals surface area contributed by atoms with Gasteiger partial charge in [-0.05, 0) is 30.7 Å². The van der Waals surface area contributed by atoms with Gasteiger partial charge < -0.3 is 9.80 Å². The topological polar surface area (TPSA) is 57.7 Å². The van der Waals surface area contributed by atoms with Crippen LogP contribution in [0.2, 0.25) is 0 Å². The summed E-state index contributed by atoms with van der Waals surface area (Å²) in [6.07, 6.45) is 1.13. The molecule has 25 heavy (non-hydrogen) atoms. The molecule has 0 atom stereocenters. The van der Waals surface area contributed by atoms with Crippen molar-refractivity contribution in [2.45, 2.75) is 11.8 Å². The maximum Gasteiger partial charge on any atom is 0.255 e. The maximum absolute atomic E-state index is 12.8. The van der Waals surface area contributed by atoms with Crippen LogP contribution >= 0.6 is 0 Å². The lowest BCUT2D eigenvalue weighted by atomic mass is 10.1. The number of carbonyl (C=O) groups excluding carboxylic acids is 1. The predicted octanol–water partition coefficient (Wildman–Crippen LogP) is 2.36. The van der Waals surface area contributed by atoms with E-state index in [0.717, 1.165) is 19.3 Å². The highest BCUT2D eigenvalue weighted by Gasteiger charge is 2.26. The van der Waals surface area contributed by atoms with E-state index in [1.807, 2.05) is 12.1 Å². The van der Waals surface area contributed by atoms with Gasteiger partial charge in [-0.2, -0.15) is 0 Å². The molecule has 1 aliphatic rings. The Morgan fingerprint density at radius 3 is 2.16 bits per heavy atom. The molecule has 1 aliphatic heterocycles. The summed E-state index contributed by atoms with van der Waals surface area (Å²) < 4.78 is 23.9. The number of para-hydroxylation sites is 1. The van der Waals surface area contributed by atoms with Crippen LogP contribution in [-0.4, -0.2) is 51.7 Å². The van der Waals surface area contributed by atoms with Crippen LogP contribution in [0, 0.1) is 6.92 Å². The third kappa shape index (κ3) is 3.69. The Bertz CT molecular complexity index is 885. The largest absolute Gasteiger partial charge is 0.368 e. The highest BCUT2D eigenvalue weighted by molar-refractivity contribution is 7.90. The molecule has 3 rings (SSSR count). The molecular weight excluding hydrogens is 336 g/mol. The summed E-state index contributed by atoms with van der Waals surface area (Å²) >= 11 is 0. The highest BCUT2D eigenvalue weighted by atomic mass is 32.2. The van der Waals surface area contributed by atoms with Crippen LogP contribution < -0.4 is 4.90 Å². The van der Waals surface area contributed by atoms with Gasteiger partial charge in [0.1, 0.15) is 0 Å². The molecule has 0 saturated carbocycles. The van der Waals surface area contributed by atoms with Crippen LogP contribution in [0.15, 0.2) is 53.4 Å². The zero-order valence-corrected chi connectivity index (χ0v) is 15.3. The predicted molar refractivity (Wildman–Crippen MR) is 98.8 cm³/mol. The van der Waals surface area contributed by atoms with E-state index in [9.17, 15) is 13.2 Å². The Hall–Kier alpha value is -2.34. The molecular formula is C19H22N2O3S. The van der Waals surface area contributed by atoms with Crippen LogP contribution in [-0.2, 0) is 9.84 Å². The van der Waals surface area contributed by atoms with Crippen molar-refractivity contribution in [3.8, 4) is 0 Å². The number of amides is 1. The van der Waals surface area contributed by atoms with Crippen molar-refractivity contribution >= 4 is 21.4 Å². The van der Waals surface area contributed by atoms with Gasteiger partial charge in [0, 0.05) is 38.1 Å². The summed E-state index contributed by atoms with van der Waals surface area (Å²) in [5, 5.41) is 0. The zero-order valence-electron chi connectivity index (χ0n) is 14.5. The molecule has 0 spiro atoms. The van der Waals surface area contributed by atoms with E-state index < -0.39 is 9.84 Å². The van der Waals surface area contributed by atoms with E-state index in [1.165, 1.54) is 17.3 Å². The summed E-state index contributed by atoms with van der Waals surface area (Å²) in [4.78, 5) is 16.9. The average molecular weight is 358 g/mol. The Balaban J connectivity index is 1.76. The molecule has 1 saturated heterocycles. The van der Waals surface area contributed by atoms with E-state index in [0.29, 0.717) is 13.1 Å². The Morgan fingerprint density at radius 2 is 1.52 bits per heavy atom. The van der Waals surface area contributed by atoms with E-state index in [4.69, 9.17) is 0 Å². The van der Waals surface area contributed by atoms with Crippen molar-refractivity contribution in [2.75, 3.05) is 37.3 Å². The van der Waals surface area contributed by atoms with Crippen molar-refractivity contribution in [2.24, 2.45) is 0 Å². The Morgan fingerprint density at radius 1 is 0.920 bits per heavy atom. The van der Waals surface area contributed by atoms with Crippen molar-refractivity contribution < 1.29 is 13.2 Å². The van der Waals surface area contributed by atoms with Crippen molar-refractivity contribution in [1.29, 1.82) is 0 Å². The second-order valence-corrected chi connectivity index (χ2v) is 8.32. The number of benzene rings is 2. The first-order valence-electron chi connectivity index (χ1n) is 8.27. The van der Waals surface area contributed by atoms with Gasteiger partial charge in [-0.15, -0.1) is 0 Å². The summed E-state index contributed by atoms with van der Waals surface area (Å²) in [5.41, 5.74) is 2.66. The first kappa shape index (κ1) is 17.5. The SMILES string of the molecule is Cc1ccccc1N1CCN(C(=O)c2ccccc2S(C)(=O)=O)CC1. The zero-order chi connectivity index (χ0) is 18.0. The molecule has 0 N–H and O–H groups in total. The molecule has 1 amide bonds. The smallest absolute Gasteiger partial charge is 0.255 e. The lowest BCUT2D eigenvalue weighted by molar-refractivity contribution is 0.0743. The summed E-state index contributed by atoms with van der Waals surface area (Å²) in [7, 11) is -3.43. The van der Waals surface area contributed by atoms with Crippen LogP contribution in [0.1, 0.15) is 15.9 Å². The first-order chi connectivity index (χ1) is 11.9. The summed E-state index contributed by atoms with van der Waals surface area (Å²) in [5.74, 6) is -0.217. The Labute approximate surface area is 148 Å². The van der Waals surface area contributed by atoms with Crippen molar-refractivity contribution in [1.82, 2.24) is 4.90 Å². The fourth-order valence-electron chi connectivity index (χ4n) is 3.21. The van der Waals surface area contributed by atoms with E-state index in [-0.39, 0.29) is 16.4 Å². The normalized spacial score (nSPS) is 15.3. The molecule has 6 heteroatoms. The molecule has 0 aromatic heterocycles. The number of carbonyl (C=O) groups is 1. The second-order valence-electron chi connectivity index (χ2n) is 6.33. The standard InChI is InChI=1S/C19H22N2O3S/c1-15-7-3-5-9-17(15)20-11-13-21(14-12-20)19(22)16-8-4-6-10-18(16)25(2,23)24/h3-10H,11-14H2,1-2H3. The molecule has 1 heterocycles. The molecule has 0 bridgehead atoms. The molecule has 0 unspecified atom stereocenters. The minimum atomic E-state index is -3.43. The molecule has 0 aliphatic carbocycles. The average Bonchev–Trinajstić information content (AvgIpc) is 2.61. The fraction of sp³-hybridized carbons (Fsp3) is 0.316. The van der Waals surface area contributed by atoms with E-state index in [2.05, 4.69) is 24.0 Å². The van der Waals surface area contributed by atoms with Gasteiger partial charge in [0.15, 0.2) is 9.84 Å². The third-order valence-corrected chi connectivity index (χ3v) is 5.69. The number of nitrogens with zero attached hydrogens (tertiary/aromatic N) is 2. The van der Waals surface area contributed by atoms with Crippen molar-refractivity contribution in [3.05, 3.63) is 59.7 Å². The molecule has 0 radical (unpaired) electrons. The molecule has 2 aromatic rings. The monoisotopic (exact) mass is 358 g/mol. The molecule has 1 fully saturated rings. The number of anilines is 1. The third-order valence-electron chi connectivity index (χ3n) is 4.54. The number of aryl methyl sites for hydroxylation is 1. The van der Waals surface area contributed by atoms with Crippen LogP contribution in [0.4, 0.5) is 5.69 Å². The van der Waals surface area contributed by atoms with Gasteiger partial charge in [-0.25, -0.2) is 8.42 Å².